The first kappa shape index (κ1) is 13.5. The van der Waals surface area contributed by atoms with Crippen LogP contribution in [0.4, 0.5) is 0 Å². The highest BCUT2D eigenvalue weighted by molar-refractivity contribution is 5.69. The van der Waals surface area contributed by atoms with E-state index < -0.39 is 0 Å². The summed E-state index contributed by atoms with van der Waals surface area (Å²) in [7, 11) is 0. The molecule has 94 valence electrons. The molecule has 1 aliphatic rings. The van der Waals surface area contributed by atoms with Crippen molar-refractivity contribution in [2.75, 3.05) is 0 Å². The number of hydrogen-bond acceptors (Lipinski definition) is 2. The Balaban J connectivity index is 2.53. The molecule has 0 radical (unpaired) electrons. The van der Waals surface area contributed by atoms with Crippen molar-refractivity contribution in [1.82, 2.24) is 0 Å². The summed E-state index contributed by atoms with van der Waals surface area (Å²) in [5, 5.41) is 0. The van der Waals surface area contributed by atoms with E-state index in [1.807, 2.05) is 6.92 Å². The third-order valence-corrected chi connectivity index (χ3v) is 3.75. The largest absolute Gasteiger partial charge is 0.459 e. The maximum Gasteiger partial charge on any atom is 0.306 e. The average Bonchev–Trinajstić information content (AvgIpc) is 2.15. The van der Waals surface area contributed by atoms with Crippen LogP contribution in [0, 0.1) is 5.92 Å². The van der Waals surface area contributed by atoms with Gasteiger partial charge in [-0.3, -0.25) is 4.79 Å². The van der Waals surface area contributed by atoms with Crippen molar-refractivity contribution in [3.63, 3.8) is 0 Å². The summed E-state index contributed by atoms with van der Waals surface area (Å²) >= 11 is 0. The van der Waals surface area contributed by atoms with E-state index in [0.717, 1.165) is 0 Å². The fourth-order valence-electron chi connectivity index (χ4n) is 2.60. The predicted octanol–water partition coefficient (Wildman–Crippen LogP) is 4.08. The van der Waals surface area contributed by atoms with Gasteiger partial charge in [0.25, 0.3) is 0 Å². The summed E-state index contributed by atoms with van der Waals surface area (Å²) in [6, 6.07) is 0. The van der Waals surface area contributed by atoms with E-state index in [0.29, 0.717) is 12.3 Å². The second-order valence-electron chi connectivity index (χ2n) is 5.47. The van der Waals surface area contributed by atoms with Crippen LogP contribution in [-0.4, -0.2) is 11.6 Å². The van der Waals surface area contributed by atoms with Crippen molar-refractivity contribution in [2.24, 2.45) is 5.92 Å². The molecule has 1 fully saturated rings. The molecule has 1 aliphatic carbocycles. The number of esters is 1. The molecule has 0 aromatic carbocycles. The minimum absolute atomic E-state index is 0.0629. The van der Waals surface area contributed by atoms with Crippen LogP contribution in [0.1, 0.15) is 72.1 Å². The summed E-state index contributed by atoms with van der Waals surface area (Å²) in [5.41, 5.74) is -0.273. The zero-order chi connectivity index (χ0) is 12.0. The van der Waals surface area contributed by atoms with E-state index in [1.165, 1.54) is 44.9 Å². The van der Waals surface area contributed by atoms with Crippen molar-refractivity contribution in [2.45, 2.75) is 77.7 Å². The van der Waals surface area contributed by atoms with Gasteiger partial charge in [0.05, 0.1) is 0 Å². The van der Waals surface area contributed by atoms with E-state index in [2.05, 4.69) is 13.8 Å². The van der Waals surface area contributed by atoms with E-state index in [-0.39, 0.29) is 11.6 Å². The lowest BCUT2D eigenvalue weighted by molar-refractivity contribution is -0.162. The number of rotatable bonds is 3. The Hall–Kier alpha value is -0.530. The van der Waals surface area contributed by atoms with Crippen LogP contribution in [0.2, 0.25) is 0 Å². The normalized spacial score (nSPS) is 19.9. The van der Waals surface area contributed by atoms with Gasteiger partial charge in [-0.15, -0.1) is 0 Å². The number of carbonyl (C=O) groups is 1. The zero-order valence-corrected chi connectivity index (χ0v) is 11.1. The Bertz CT molecular complexity index is 213. The van der Waals surface area contributed by atoms with Crippen LogP contribution in [-0.2, 0) is 9.53 Å². The summed E-state index contributed by atoms with van der Waals surface area (Å²) in [6.07, 6.45) is 9.55. The van der Waals surface area contributed by atoms with Crippen LogP contribution >= 0.6 is 0 Å². The summed E-state index contributed by atoms with van der Waals surface area (Å²) in [4.78, 5) is 11.4. The van der Waals surface area contributed by atoms with E-state index in [1.54, 1.807) is 0 Å². The SMILES string of the molecule is CCC(=O)OC(C)(C)C1CCCCCCC1. The fraction of sp³-hybridized carbons (Fsp3) is 0.929. The van der Waals surface area contributed by atoms with E-state index in [9.17, 15) is 4.79 Å². The van der Waals surface area contributed by atoms with Crippen molar-refractivity contribution >= 4 is 5.97 Å². The Kier molecular flexibility index (Phi) is 5.30. The molecule has 0 amide bonds. The molecule has 0 bridgehead atoms. The van der Waals surface area contributed by atoms with Gasteiger partial charge in [0.15, 0.2) is 0 Å². The molecule has 0 aliphatic heterocycles. The number of ether oxygens (including phenoxy) is 1. The third kappa shape index (κ3) is 4.15. The first-order valence-corrected chi connectivity index (χ1v) is 6.78. The molecule has 0 aromatic rings. The molecule has 0 heterocycles. The molecule has 0 saturated heterocycles. The molecule has 0 unspecified atom stereocenters. The van der Waals surface area contributed by atoms with Gasteiger partial charge in [-0.25, -0.2) is 0 Å². The van der Waals surface area contributed by atoms with Crippen molar-refractivity contribution < 1.29 is 9.53 Å². The summed E-state index contributed by atoms with van der Waals surface area (Å²) < 4.78 is 5.58. The Labute approximate surface area is 99.8 Å². The monoisotopic (exact) mass is 226 g/mol. The number of hydrogen-bond donors (Lipinski definition) is 0. The topological polar surface area (TPSA) is 26.3 Å². The van der Waals surface area contributed by atoms with Gasteiger partial charge in [0.2, 0.25) is 0 Å². The fourth-order valence-corrected chi connectivity index (χ4v) is 2.60. The van der Waals surface area contributed by atoms with Crippen molar-refractivity contribution in [3.8, 4) is 0 Å². The van der Waals surface area contributed by atoms with E-state index in [4.69, 9.17) is 4.74 Å². The van der Waals surface area contributed by atoms with Crippen molar-refractivity contribution in [1.29, 1.82) is 0 Å². The standard InChI is InChI=1S/C14H26O2/c1-4-13(15)16-14(2,3)12-10-8-6-5-7-9-11-12/h12H,4-11H2,1-3H3. The lowest BCUT2D eigenvalue weighted by atomic mass is 9.80. The number of carbonyl (C=O) groups excluding carboxylic acids is 1. The van der Waals surface area contributed by atoms with Gasteiger partial charge in [0.1, 0.15) is 5.60 Å². The predicted molar refractivity (Wildman–Crippen MR) is 66.3 cm³/mol. The molecule has 1 saturated carbocycles. The van der Waals surface area contributed by atoms with Crippen LogP contribution in [0.25, 0.3) is 0 Å². The van der Waals surface area contributed by atoms with Crippen molar-refractivity contribution in [3.05, 3.63) is 0 Å². The van der Waals surface area contributed by atoms with Crippen LogP contribution in [0.5, 0.6) is 0 Å². The first-order chi connectivity index (χ1) is 7.56. The molecule has 2 nitrogen and oxygen atoms in total. The molecule has 1 rings (SSSR count). The van der Waals surface area contributed by atoms with Gasteiger partial charge < -0.3 is 4.74 Å². The smallest absolute Gasteiger partial charge is 0.306 e. The molecule has 16 heavy (non-hydrogen) atoms. The second kappa shape index (κ2) is 6.27. The minimum atomic E-state index is -0.273. The molecule has 0 spiro atoms. The summed E-state index contributed by atoms with van der Waals surface area (Å²) in [5.74, 6) is 0.482. The average molecular weight is 226 g/mol. The highest BCUT2D eigenvalue weighted by Gasteiger charge is 2.32. The van der Waals surface area contributed by atoms with Gasteiger partial charge in [-0.1, -0.05) is 39.0 Å². The van der Waals surface area contributed by atoms with Crippen LogP contribution in [0.15, 0.2) is 0 Å². The van der Waals surface area contributed by atoms with Crippen LogP contribution < -0.4 is 0 Å². The summed E-state index contributed by atoms with van der Waals surface area (Å²) in [6.45, 7) is 6.01. The minimum Gasteiger partial charge on any atom is -0.459 e. The molecular weight excluding hydrogens is 200 g/mol. The van der Waals surface area contributed by atoms with Gasteiger partial charge >= 0.3 is 5.97 Å². The molecule has 0 atom stereocenters. The lowest BCUT2D eigenvalue weighted by Gasteiger charge is -2.35. The Morgan fingerprint density at radius 3 is 2.12 bits per heavy atom. The highest BCUT2D eigenvalue weighted by atomic mass is 16.6. The maximum atomic E-state index is 11.4. The lowest BCUT2D eigenvalue weighted by Crippen LogP contribution is -2.37. The molecule has 2 heteroatoms. The quantitative estimate of drug-likeness (QED) is 0.678. The zero-order valence-electron chi connectivity index (χ0n) is 11.1. The van der Waals surface area contributed by atoms with Crippen LogP contribution in [0.3, 0.4) is 0 Å². The Morgan fingerprint density at radius 2 is 1.62 bits per heavy atom. The van der Waals surface area contributed by atoms with Gasteiger partial charge in [0, 0.05) is 6.42 Å². The van der Waals surface area contributed by atoms with E-state index >= 15 is 0 Å². The highest BCUT2D eigenvalue weighted by Crippen LogP contribution is 2.33. The Morgan fingerprint density at radius 1 is 1.12 bits per heavy atom. The second-order valence-corrected chi connectivity index (χ2v) is 5.47. The van der Waals surface area contributed by atoms with Gasteiger partial charge in [-0.05, 0) is 32.6 Å². The first-order valence-electron chi connectivity index (χ1n) is 6.78. The molecule has 0 aromatic heterocycles. The molecule has 0 N–H and O–H groups in total. The molecular formula is C14H26O2. The van der Waals surface area contributed by atoms with Gasteiger partial charge in [-0.2, -0.15) is 0 Å². The third-order valence-electron chi connectivity index (χ3n) is 3.75. The maximum absolute atomic E-state index is 11.4.